The summed E-state index contributed by atoms with van der Waals surface area (Å²) in [6.45, 7) is 7.54. The minimum absolute atomic E-state index is 0.0576. The van der Waals surface area contributed by atoms with Crippen molar-refractivity contribution in [2.45, 2.75) is 84.0 Å². The van der Waals surface area contributed by atoms with E-state index in [0.29, 0.717) is 12.8 Å². The maximum atomic E-state index is 13.5. The van der Waals surface area contributed by atoms with Gasteiger partial charge >= 0.3 is 17.9 Å². The molecule has 2 heterocycles. The van der Waals surface area contributed by atoms with Crippen molar-refractivity contribution in [1.29, 1.82) is 0 Å². The van der Waals surface area contributed by atoms with Crippen molar-refractivity contribution >= 4 is 23.7 Å². The minimum atomic E-state index is -0.665. The number of ether oxygens (including phenoxy) is 3. The van der Waals surface area contributed by atoms with Gasteiger partial charge in [0, 0.05) is 29.1 Å². The SMILES string of the molecule is CC(=O)O[C@H]1CC[C@]2(C)C34OC3C[C@]3(C)[C@@H](C(C)=O)CC[C@H]3[C@]43C=C[C@@]2(C1)C1C(=O)OC(=O)C13. The van der Waals surface area contributed by atoms with Crippen LogP contribution in [-0.2, 0) is 33.4 Å². The summed E-state index contributed by atoms with van der Waals surface area (Å²) in [5.41, 5.74) is -2.55. The summed E-state index contributed by atoms with van der Waals surface area (Å²) < 4.78 is 17.9. The molecule has 6 aliphatic carbocycles. The highest BCUT2D eigenvalue weighted by Crippen LogP contribution is 2.88. The summed E-state index contributed by atoms with van der Waals surface area (Å²) in [5.74, 6) is -2.24. The molecule has 4 unspecified atom stereocenters. The topological polar surface area (TPSA) is 99.3 Å². The van der Waals surface area contributed by atoms with Gasteiger partial charge in [-0.05, 0) is 56.8 Å². The Morgan fingerprint density at radius 3 is 2.44 bits per heavy atom. The second-order valence-electron chi connectivity index (χ2n) is 12.7. The lowest BCUT2D eigenvalue weighted by Crippen LogP contribution is -2.77. The Labute approximate surface area is 198 Å². The average Bonchev–Trinajstić information content (AvgIpc) is 3.23. The van der Waals surface area contributed by atoms with Gasteiger partial charge in [0.1, 0.15) is 17.5 Å². The van der Waals surface area contributed by atoms with E-state index in [0.717, 1.165) is 25.7 Å². The number of carbonyl (C=O) groups is 4. The molecule has 0 aromatic heterocycles. The molecule has 8 rings (SSSR count). The van der Waals surface area contributed by atoms with Crippen LogP contribution in [0.3, 0.4) is 0 Å². The highest BCUT2D eigenvalue weighted by Gasteiger charge is 2.94. The van der Waals surface area contributed by atoms with Crippen LogP contribution in [0.4, 0.5) is 0 Å². The highest BCUT2D eigenvalue weighted by atomic mass is 16.6. The first-order chi connectivity index (χ1) is 16.0. The zero-order chi connectivity index (χ0) is 24.1. The van der Waals surface area contributed by atoms with Crippen LogP contribution in [-0.4, -0.2) is 41.5 Å². The van der Waals surface area contributed by atoms with E-state index in [1.165, 1.54) is 6.92 Å². The van der Waals surface area contributed by atoms with Gasteiger partial charge in [0.05, 0.1) is 17.9 Å². The number of allylic oxidation sites excluding steroid dienone is 1. The second-order valence-corrected chi connectivity index (χ2v) is 12.7. The molecule has 0 aromatic rings. The van der Waals surface area contributed by atoms with Crippen molar-refractivity contribution in [1.82, 2.24) is 0 Å². The van der Waals surface area contributed by atoms with Crippen LogP contribution in [0.1, 0.15) is 66.2 Å². The monoisotopic (exact) mass is 468 g/mol. The fourth-order valence-electron chi connectivity index (χ4n) is 11.0. The predicted octanol–water partition coefficient (Wildman–Crippen LogP) is 3.14. The molecule has 7 nitrogen and oxygen atoms in total. The molecule has 2 aliphatic heterocycles. The first-order valence-corrected chi connectivity index (χ1v) is 12.8. The number of cyclic esters (lactones) is 2. The quantitative estimate of drug-likeness (QED) is 0.266. The van der Waals surface area contributed by atoms with Crippen LogP contribution in [0.15, 0.2) is 12.2 Å². The number of ketones is 1. The third-order valence-corrected chi connectivity index (χ3v) is 11.9. The molecule has 7 heteroatoms. The molecular formula is C27H32O7. The number of hydrogen-bond donors (Lipinski definition) is 0. The van der Waals surface area contributed by atoms with Crippen LogP contribution in [0.5, 0.6) is 0 Å². The van der Waals surface area contributed by atoms with E-state index in [-0.39, 0.29) is 41.2 Å². The molecule has 0 amide bonds. The Morgan fingerprint density at radius 2 is 1.74 bits per heavy atom. The van der Waals surface area contributed by atoms with Crippen molar-refractivity contribution in [3.05, 3.63) is 12.2 Å². The Morgan fingerprint density at radius 1 is 1.00 bits per heavy atom. The van der Waals surface area contributed by atoms with Gasteiger partial charge in [-0.15, -0.1) is 0 Å². The zero-order valence-electron chi connectivity index (χ0n) is 20.2. The van der Waals surface area contributed by atoms with Crippen molar-refractivity contribution in [2.24, 2.45) is 45.3 Å². The van der Waals surface area contributed by atoms with Crippen LogP contribution < -0.4 is 0 Å². The van der Waals surface area contributed by atoms with Gasteiger partial charge in [0.15, 0.2) is 0 Å². The summed E-state index contributed by atoms with van der Waals surface area (Å²) in [7, 11) is 0. The van der Waals surface area contributed by atoms with Crippen LogP contribution in [0.25, 0.3) is 0 Å². The number of rotatable bonds is 2. The molecule has 0 aromatic carbocycles. The Kier molecular flexibility index (Phi) is 3.66. The van der Waals surface area contributed by atoms with Crippen LogP contribution in [0.2, 0.25) is 0 Å². The first kappa shape index (κ1) is 21.3. The van der Waals surface area contributed by atoms with Crippen molar-refractivity contribution in [2.75, 3.05) is 0 Å². The third-order valence-electron chi connectivity index (χ3n) is 11.9. The van der Waals surface area contributed by atoms with Crippen molar-refractivity contribution < 1.29 is 33.4 Å². The largest absolute Gasteiger partial charge is 0.463 e. The molecule has 34 heavy (non-hydrogen) atoms. The fourth-order valence-corrected chi connectivity index (χ4v) is 11.0. The summed E-state index contributed by atoms with van der Waals surface area (Å²) in [6.07, 6.45) is 8.43. The van der Waals surface area contributed by atoms with E-state index in [2.05, 4.69) is 26.0 Å². The Bertz CT molecular complexity index is 1110. The van der Waals surface area contributed by atoms with Gasteiger partial charge in [-0.3, -0.25) is 19.2 Å². The average molecular weight is 469 g/mol. The Hall–Kier alpha value is -2.02. The number of fused-ring (bicyclic) bond motifs is 1. The normalized spacial score (nSPS) is 57.6. The molecule has 3 spiro atoms. The molecule has 0 N–H and O–H groups in total. The van der Waals surface area contributed by atoms with Crippen LogP contribution >= 0.6 is 0 Å². The van der Waals surface area contributed by atoms with Crippen molar-refractivity contribution in [3.8, 4) is 0 Å². The molecule has 2 bridgehead atoms. The molecular weight excluding hydrogens is 436 g/mol. The molecule has 11 atom stereocenters. The Balaban J connectivity index is 1.47. The lowest BCUT2D eigenvalue weighted by atomic mass is 9.27. The summed E-state index contributed by atoms with van der Waals surface area (Å²) >= 11 is 0. The van der Waals surface area contributed by atoms with E-state index >= 15 is 0 Å². The number of esters is 3. The molecule has 8 aliphatic rings. The number of epoxide rings is 1. The lowest BCUT2D eigenvalue weighted by molar-refractivity contribution is -0.238. The number of hydrogen-bond acceptors (Lipinski definition) is 7. The summed E-state index contributed by atoms with van der Waals surface area (Å²) in [4.78, 5) is 51.4. The molecule has 182 valence electrons. The van der Waals surface area contributed by atoms with Crippen molar-refractivity contribution in [3.63, 3.8) is 0 Å². The standard InChI is InChI=1S/C27H32O7/c1-13(28)16-5-6-17-23(16,3)12-18-27(34-18)24(4)8-7-15(32-14(2)29)11-25(24)9-10-26(17,27)20-19(25)21(30)33-22(20)31/h9-10,15-20H,5-8,11-12H2,1-4H3/t15-,16+,17+,18?,19?,20?,23+,24-,25+,26-,27?/m0/s1. The van der Waals surface area contributed by atoms with Gasteiger partial charge in [-0.25, -0.2) is 0 Å². The van der Waals surface area contributed by atoms with E-state index in [4.69, 9.17) is 14.2 Å². The van der Waals surface area contributed by atoms with Gasteiger partial charge in [0.2, 0.25) is 0 Å². The first-order valence-electron chi connectivity index (χ1n) is 12.8. The lowest BCUT2D eigenvalue weighted by Gasteiger charge is -2.72. The highest BCUT2D eigenvalue weighted by molar-refractivity contribution is 5.99. The molecule has 6 fully saturated rings. The van der Waals surface area contributed by atoms with E-state index in [1.54, 1.807) is 6.92 Å². The number of carbonyl (C=O) groups excluding carboxylic acids is 4. The summed E-state index contributed by atoms with van der Waals surface area (Å²) in [5, 5.41) is 0. The van der Waals surface area contributed by atoms with Crippen LogP contribution in [0, 0.1) is 45.3 Å². The van der Waals surface area contributed by atoms with E-state index in [9.17, 15) is 19.2 Å². The van der Waals surface area contributed by atoms with E-state index in [1.807, 2.05) is 0 Å². The minimum Gasteiger partial charge on any atom is -0.463 e. The fraction of sp³-hybridized carbons (Fsp3) is 0.778. The maximum Gasteiger partial charge on any atom is 0.318 e. The van der Waals surface area contributed by atoms with Gasteiger partial charge < -0.3 is 14.2 Å². The summed E-state index contributed by atoms with van der Waals surface area (Å²) in [6, 6.07) is 0. The van der Waals surface area contributed by atoms with Gasteiger partial charge in [-0.1, -0.05) is 26.0 Å². The zero-order valence-corrected chi connectivity index (χ0v) is 20.2. The maximum absolute atomic E-state index is 13.5. The predicted molar refractivity (Wildman–Crippen MR) is 117 cm³/mol. The van der Waals surface area contributed by atoms with E-state index < -0.39 is 45.6 Å². The molecule has 0 radical (unpaired) electrons. The molecule has 4 saturated carbocycles. The third kappa shape index (κ3) is 1.87. The number of Topliss-reactive ketones (excluding diaryl/α,β-unsaturated/α-hetero) is 1. The molecule has 2 saturated heterocycles. The van der Waals surface area contributed by atoms with Gasteiger partial charge in [-0.2, -0.15) is 0 Å². The smallest absolute Gasteiger partial charge is 0.318 e. The second kappa shape index (κ2) is 5.85. The van der Waals surface area contributed by atoms with Gasteiger partial charge in [0.25, 0.3) is 0 Å².